The zero-order valence-corrected chi connectivity index (χ0v) is 16.7. The van der Waals surface area contributed by atoms with Crippen molar-refractivity contribution in [3.63, 3.8) is 0 Å². The van der Waals surface area contributed by atoms with E-state index >= 15 is 0 Å². The van der Waals surface area contributed by atoms with Crippen molar-refractivity contribution in [2.75, 3.05) is 0 Å². The second-order valence-corrected chi connectivity index (χ2v) is 7.32. The van der Waals surface area contributed by atoms with Gasteiger partial charge in [0, 0.05) is 29.2 Å². The van der Waals surface area contributed by atoms with Crippen LogP contribution < -0.4 is 5.32 Å². The van der Waals surface area contributed by atoms with E-state index in [4.69, 9.17) is 16.1 Å². The third-order valence-electron chi connectivity index (χ3n) is 4.44. The Kier molecular flexibility index (Phi) is 5.26. The molecule has 3 aromatic heterocycles. The number of fused-ring (bicyclic) bond motifs is 1. The Balaban J connectivity index is 1.47. The number of pyridine rings is 1. The first kappa shape index (κ1) is 19.1. The first-order valence-electron chi connectivity index (χ1n) is 9.19. The van der Waals surface area contributed by atoms with Crippen LogP contribution in [-0.4, -0.2) is 30.6 Å². The van der Waals surface area contributed by atoms with Gasteiger partial charge < -0.3 is 9.84 Å². The minimum absolute atomic E-state index is 0.100. The minimum Gasteiger partial charge on any atom is -0.352 e. The van der Waals surface area contributed by atoms with Gasteiger partial charge in [-0.3, -0.25) is 9.20 Å². The normalized spacial score (nSPS) is 11.3. The van der Waals surface area contributed by atoms with Gasteiger partial charge in [0.25, 0.3) is 5.89 Å². The molecular weight excluding hydrogens is 392 g/mol. The topological polar surface area (TPSA) is 98.2 Å². The smallest absolute Gasteiger partial charge is 0.258 e. The molecule has 0 aliphatic rings. The molecule has 1 N–H and O–H groups in total. The second-order valence-electron chi connectivity index (χ2n) is 6.92. The zero-order chi connectivity index (χ0) is 20.4. The molecule has 0 fully saturated rings. The van der Waals surface area contributed by atoms with Gasteiger partial charge in [-0.25, -0.2) is 0 Å². The second kappa shape index (κ2) is 8.00. The molecular formula is C20H19ClN6O2. The summed E-state index contributed by atoms with van der Waals surface area (Å²) in [5.74, 6) is 1.63. The van der Waals surface area contributed by atoms with E-state index in [0.717, 1.165) is 11.1 Å². The quantitative estimate of drug-likeness (QED) is 0.523. The molecule has 0 radical (unpaired) electrons. The van der Waals surface area contributed by atoms with Crippen LogP contribution in [0.2, 0.25) is 5.02 Å². The Morgan fingerprint density at radius 3 is 2.83 bits per heavy atom. The summed E-state index contributed by atoms with van der Waals surface area (Å²) in [5.41, 5.74) is 2.21. The van der Waals surface area contributed by atoms with Crippen molar-refractivity contribution >= 4 is 23.2 Å². The number of halogens is 1. The molecule has 0 aliphatic carbocycles. The van der Waals surface area contributed by atoms with Crippen LogP contribution in [0.4, 0.5) is 0 Å². The number of nitrogens with one attached hydrogen (secondary N) is 1. The van der Waals surface area contributed by atoms with Gasteiger partial charge in [-0.05, 0) is 23.8 Å². The van der Waals surface area contributed by atoms with Crippen molar-refractivity contribution in [3.8, 4) is 11.5 Å². The molecule has 3 heterocycles. The number of rotatable bonds is 6. The monoisotopic (exact) mass is 410 g/mol. The van der Waals surface area contributed by atoms with E-state index in [1.807, 2.05) is 38.1 Å². The standard InChI is InChI=1S/C20H19ClN6O2/c1-12(2)19-23-20(29-26-19)13-7-8-27-16(9-13)24-25-17(27)10-18(28)22-11-14-5-3-4-6-15(14)21/h3-9,12H,10-11H2,1-2H3,(H,22,28). The summed E-state index contributed by atoms with van der Waals surface area (Å²) >= 11 is 6.12. The number of carbonyl (C=O) groups excluding carboxylic acids is 1. The highest BCUT2D eigenvalue weighted by Gasteiger charge is 2.15. The van der Waals surface area contributed by atoms with Gasteiger partial charge in [0.05, 0.1) is 6.42 Å². The maximum atomic E-state index is 12.3. The van der Waals surface area contributed by atoms with E-state index in [1.165, 1.54) is 0 Å². The van der Waals surface area contributed by atoms with Crippen LogP contribution in [0, 0.1) is 0 Å². The largest absolute Gasteiger partial charge is 0.352 e. The Hall–Kier alpha value is -3.26. The number of benzene rings is 1. The van der Waals surface area contributed by atoms with Crippen LogP contribution in [0.5, 0.6) is 0 Å². The number of hydrogen-bond acceptors (Lipinski definition) is 6. The predicted molar refractivity (Wildman–Crippen MR) is 107 cm³/mol. The van der Waals surface area contributed by atoms with Gasteiger partial charge in [0.2, 0.25) is 5.91 Å². The van der Waals surface area contributed by atoms with Gasteiger partial charge in [0.15, 0.2) is 11.5 Å². The highest BCUT2D eigenvalue weighted by atomic mass is 35.5. The lowest BCUT2D eigenvalue weighted by Gasteiger charge is -2.06. The van der Waals surface area contributed by atoms with Gasteiger partial charge >= 0.3 is 0 Å². The van der Waals surface area contributed by atoms with Crippen LogP contribution in [-0.2, 0) is 17.8 Å². The van der Waals surface area contributed by atoms with Crippen molar-refractivity contribution in [1.82, 2.24) is 30.1 Å². The first-order valence-corrected chi connectivity index (χ1v) is 9.57. The molecule has 0 unspecified atom stereocenters. The fourth-order valence-corrected chi connectivity index (χ4v) is 3.02. The fourth-order valence-electron chi connectivity index (χ4n) is 2.82. The third-order valence-corrected chi connectivity index (χ3v) is 4.81. The van der Waals surface area contributed by atoms with Crippen molar-refractivity contribution in [2.24, 2.45) is 0 Å². The summed E-state index contributed by atoms with van der Waals surface area (Å²) in [6.45, 7) is 4.35. The van der Waals surface area contributed by atoms with E-state index in [-0.39, 0.29) is 18.2 Å². The van der Waals surface area contributed by atoms with E-state index in [0.29, 0.717) is 34.8 Å². The van der Waals surface area contributed by atoms with Gasteiger partial charge in [-0.1, -0.05) is 48.8 Å². The Labute approximate surface area is 171 Å². The molecule has 0 bridgehead atoms. The van der Waals surface area contributed by atoms with Gasteiger partial charge in [0.1, 0.15) is 5.82 Å². The molecule has 148 valence electrons. The summed E-state index contributed by atoms with van der Waals surface area (Å²) in [6, 6.07) is 11.0. The summed E-state index contributed by atoms with van der Waals surface area (Å²) in [5, 5.41) is 15.7. The van der Waals surface area contributed by atoms with E-state index < -0.39 is 0 Å². The van der Waals surface area contributed by atoms with Crippen LogP contribution >= 0.6 is 11.6 Å². The predicted octanol–water partition coefficient (Wildman–Crippen LogP) is 3.42. The van der Waals surface area contributed by atoms with Crippen LogP contribution in [0.1, 0.15) is 37.0 Å². The maximum Gasteiger partial charge on any atom is 0.258 e. The molecule has 4 rings (SSSR count). The first-order chi connectivity index (χ1) is 14.0. The highest BCUT2D eigenvalue weighted by Crippen LogP contribution is 2.21. The number of aromatic nitrogens is 5. The van der Waals surface area contributed by atoms with Crippen LogP contribution in [0.3, 0.4) is 0 Å². The summed E-state index contributed by atoms with van der Waals surface area (Å²) in [6.07, 6.45) is 1.89. The summed E-state index contributed by atoms with van der Waals surface area (Å²) < 4.78 is 7.08. The zero-order valence-electron chi connectivity index (χ0n) is 16.0. The van der Waals surface area contributed by atoms with E-state index in [9.17, 15) is 4.79 Å². The molecule has 9 heteroatoms. The fraction of sp³-hybridized carbons (Fsp3) is 0.250. The van der Waals surface area contributed by atoms with E-state index in [1.54, 1.807) is 22.7 Å². The van der Waals surface area contributed by atoms with E-state index in [2.05, 4.69) is 25.7 Å². The Morgan fingerprint density at radius 1 is 1.24 bits per heavy atom. The number of nitrogens with zero attached hydrogens (tertiary/aromatic N) is 5. The molecule has 4 aromatic rings. The third kappa shape index (κ3) is 4.12. The van der Waals surface area contributed by atoms with Crippen molar-refractivity contribution in [1.29, 1.82) is 0 Å². The summed E-state index contributed by atoms with van der Waals surface area (Å²) in [4.78, 5) is 16.7. The van der Waals surface area contributed by atoms with Crippen molar-refractivity contribution in [3.05, 3.63) is 64.8 Å². The lowest BCUT2D eigenvalue weighted by Crippen LogP contribution is -2.25. The molecule has 29 heavy (non-hydrogen) atoms. The van der Waals surface area contributed by atoms with Gasteiger partial charge in [-0.15, -0.1) is 10.2 Å². The number of hydrogen-bond donors (Lipinski definition) is 1. The molecule has 0 saturated carbocycles. The molecule has 1 aromatic carbocycles. The van der Waals surface area contributed by atoms with Crippen LogP contribution in [0.15, 0.2) is 47.1 Å². The number of amides is 1. The maximum absolute atomic E-state index is 12.3. The molecule has 0 aliphatic heterocycles. The Morgan fingerprint density at radius 2 is 2.07 bits per heavy atom. The van der Waals surface area contributed by atoms with Crippen molar-refractivity contribution in [2.45, 2.75) is 32.7 Å². The summed E-state index contributed by atoms with van der Waals surface area (Å²) in [7, 11) is 0. The molecule has 0 spiro atoms. The Bertz CT molecular complexity index is 1170. The average Bonchev–Trinajstić information content (AvgIpc) is 3.35. The van der Waals surface area contributed by atoms with Crippen LogP contribution in [0.25, 0.3) is 17.1 Å². The highest BCUT2D eigenvalue weighted by molar-refractivity contribution is 6.31. The SMILES string of the molecule is CC(C)c1noc(-c2ccn3c(CC(=O)NCc4ccccc4Cl)nnc3c2)n1. The molecule has 8 nitrogen and oxygen atoms in total. The minimum atomic E-state index is -0.165. The lowest BCUT2D eigenvalue weighted by molar-refractivity contribution is -0.120. The number of carbonyl (C=O) groups is 1. The molecule has 0 saturated heterocycles. The molecule has 1 amide bonds. The lowest BCUT2D eigenvalue weighted by atomic mass is 10.2. The van der Waals surface area contributed by atoms with Crippen molar-refractivity contribution < 1.29 is 9.32 Å². The average molecular weight is 411 g/mol. The molecule has 0 atom stereocenters. The van der Waals surface area contributed by atoms with Gasteiger partial charge in [-0.2, -0.15) is 4.98 Å².